The highest BCUT2D eigenvalue weighted by molar-refractivity contribution is 6.03. The van der Waals surface area contributed by atoms with Crippen molar-refractivity contribution >= 4 is 11.7 Å². The number of carbonyl (C=O) groups excluding carboxylic acids is 2. The monoisotopic (exact) mass is 272 g/mol. The molecule has 0 aliphatic carbocycles. The number of nitriles is 1. The fourth-order valence-electron chi connectivity index (χ4n) is 1.74. The summed E-state index contributed by atoms with van der Waals surface area (Å²) < 4.78 is 0. The van der Waals surface area contributed by atoms with E-state index < -0.39 is 11.8 Å². The minimum Gasteiger partial charge on any atom is -0.350 e. The third-order valence-corrected chi connectivity index (χ3v) is 2.99. The molecular formula is C16H20N2O2. The summed E-state index contributed by atoms with van der Waals surface area (Å²) in [5, 5.41) is 11.6. The molecule has 0 heterocycles. The van der Waals surface area contributed by atoms with Gasteiger partial charge < -0.3 is 5.32 Å². The van der Waals surface area contributed by atoms with Crippen LogP contribution >= 0.6 is 0 Å². The number of amides is 1. The van der Waals surface area contributed by atoms with Crippen molar-refractivity contribution in [2.24, 2.45) is 11.8 Å². The fraction of sp³-hybridized carbons (Fsp3) is 0.438. The molecule has 1 N–H and O–H groups in total. The van der Waals surface area contributed by atoms with Crippen LogP contribution in [0.3, 0.4) is 0 Å². The summed E-state index contributed by atoms with van der Waals surface area (Å²) in [7, 11) is 0. The van der Waals surface area contributed by atoms with Gasteiger partial charge in [-0.05, 0) is 17.9 Å². The van der Waals surface area contributed by atoms with Crippen LogP contribution in [0.25, 0.3) is 0 Å². The van der Waals surface area contributed by atoms with Crippen LogP contribution in [0.1, 0.15) is 32.3 Å². The van der Waals surface area contributed by atoms with E-state index in [1.807, 2.05) is 44.2 Å². The minimum atomic E-state index is -1.20. The van der Waals surface area contributed by atoms with Gasteiger partial charge in [0, 0.05) is 13.0 Å². The van der Waals surface area contributed by atoms with Crippen molar-refractivity contribution in [2.45, 2.75) is 33.2 Å². The van der Waals surface area contributed by atoms with E-state index in [4.69, 9.17) is 5.26 Å². The molecular weight excluding hydrogens is 252 g/mol. The number of benzene rings is 1. The summed E-state index contributed by atoms with van der Waals surface area (Å²) in [4.78, 5) is 23.7. The molecule has 0 aliphatic heterocycles. The number of hydrogen-bond acceptors (Lipinski definition) is 3. The topological polar surface area (TPSA) is 70.0 Å². The lowest BCUT2D eigenvalue weighted by molar-refractivity contribution is -0.131. The van der Waals surface area contributed by atoms with Crippen molar-refractivity contribution < 1.29 is 9.59 Å². The maximum Gasteiger partial charge on any atom is 0.245 e. The van der Waals surface area contributed by atoms with E-state index in [0.717, 1.165) is 5.56 Å². The Balaban J connectivity index is 2.51. The third-order valence-electron chi connectivity index (χ3n) is 2.99. The number of Topliss-reactive ketones (excluding diaryl/α,β-unsaturated/α-hetero) is 1. The highest BCUT2D eigenvalue weighted by Gasteiger charge is 2.25. The van der Waals surface area contributed by atoms with Gasteiger partial charge >= 0.3 is 0 Å². The van der Waals surface area contributed by atoms with Crippen LogP contribution in [0.4, 0.5) is 0 Å². The zero-order chi connectivity index (χ0) is 15.0. The van der Waals surface area contributed by atoms with Crippen molar-refractivity contribution in [3.8, 4) is 6.07 Å². The molecule has 4 heteroatoms. The molecule has 0 saturated carbocycles. The summed E-state index contributed by atoms with van der Waals surface area (Å²) in [6, 6.07) is 11.2. The van der Waals surface area contributed by atoms with E-state index in [1.54, 1.807) is 6.07 Å². The fourth-order valence-corrected chi connectivity index (χ4v) is 1.74. The second-order valence-corrected chi connectivity index (χ2v) is 5.16. The maximum absolute atomic E-state index is 11.9. The van der Waals surface area contributed by atoms with Crippen molar-refractivity contribution in [3.05, 3.63) is 35.9 Å². The van der Waals surface area contributed by atoms with Crippen molar-refractivity contribution in [1.82, 2.24) is 5.32 Å². The zero-order valence-corrected chi connectivity index (χ0v) is 11.9. The number of nitrogens with one attached hydrogen (secondary N) is 1. The largest absolute Gasteiger partial charge is 0.350 e. The Morgan fingerprint density at radius 3 is 2.45 bits per heavy atom. The number of carbonyl (C=O) groups is 2. The standard InChI is InChI=1S/C16H20N2O2/c1-12(2)8-9-15(19)14(10-17)16(20)18-11-13-6-4-3-5-7-13/h3-7,12,14H,8-9,11H2,1-2H3,(H,18,20). The van der Waals surface area contributed by atoms with Gasteiger partial charge in [-0.1, -0.05) is 44.2 Å². The average molecular weight is 272 g/mol. The van der Waals surface area contributed by atoms with Crippen LogP contribution in [0.2, 0.25) is 0 Å². The molecule has 0 aromatic heterocycles. The minimum absolute atomic E-state index is 0.272. The molecule has 1 aromatic carbocycles. The number of hydrogen-bond donors (Lipinski definition) is 1. The van der Waals surface area contributed by atoms with Gasteiger partial charge in [0.1, 0.15) is 0 Å². The van der Waals surface area contributed by atoms with Crippen LogP contribution in [0.15, 0.2) is 30.3 Å². The Hall–Kier alpha value is -2.15. The smallest absolute Gasteiger partial charge is 0.245 e. The second kappa shape index (κ2) is 8.11. The van der Waals surface area contributed by atoms with Crippen molar-refractivity contribution in [3.63, 3.8) is 0 Å². The van der Waals surface area contributed by atoms with Crippen LogP contribution in [-0.2, 0) is 16.1 Å². The summed E-state index contributed by atoms with van der Waals surface area (Å²) in [6.45, 7) is 4.34. The number of nitrogens with zero attached hydrogens (tertiary/aromatic N) is 1. The van der Waals surface area contributed by atoms with Gasteiger partial charge in [0.15, 0.2) is 11.7 Å². The van der Waals surface area contributed by atoms with Gasteiger partial charge in [-0.3, -0.25) is 9.59 Å². The van der Waals surface area contributed by atoms with Gasteiger partial charge in [0.25, 0.3) is 0 Å². The van der Waals surface area contributed by atoms with E-state index in [9.17, 15) is 9.59 Å². The van der Waals surface area contributed by atoms with E-state index in [1.165, 1.54) is 0 Å². The highest BCUT2D eigenvalue weighted by atomic mass is 16.2. The molecule has 0 bridgehead atoms. The van der Waals surface area contributed by atoms with Crippen LogP contribution < -0.4 is 5.32 Å². The van der Waals surface area contributed by atoms with Gasteiger partial charge in [-0.25, -0.2) is 0 Å². The first-order valence-corrected chi connectivity index (χ1v) is 6.78. The molecule has 106 valence electrons. The molecule has 0 radical (unpaired) electrons. The Kier molecular flexibility index (Phi) is 6.45. The number of ketones is 1. The second-order valence-electron chi connectivity index (χ2n) is 5.16. The Morgan fingerprint density at radius 2 is 1.90 bits per heavy atom. The summed E-state index contributed by atoms with van der Waals surface area (Å²) >= 11 is 0. The van der Waals surface area contributed by atoms with Gasteiger partial charge in [0.2, 0.25) is 5.91 Å². The quantitative estimate of drug-likeness (QED) is 0.775. The SMILES string of the molecule is CC(C)CCC(=O)C(C#N)C(=O)NCc1ccccc1. The van der Waals surface area contributed by atoms with E-state index in [0.29, 0.717) is 18.9 Å². The van der Waals surface area contributed by atoms with E-state index in [-0.39, 0.29) is 12.2 Å². The first-order chi connectivity index (χ1) is 9.54. The predicted octanol–water partition coefficient (Wildman–Crippen LogP) is 2.45. The third kappa shape index (κ3) is 5.23. The molecule has 1 rings (SSSR count). The van der Waals surface area contributed by atoms with Crippen LogP contribution in [0.5, 0.6) is 0 Å². The Labute approximate surface area is 119 Å². The molecule has 0 aliphatic rings. The molecule has 4 nitrogen and oxygen atoms in total. The predicted molar refractivity (Wildman–Crippen MR) is 76.5 cm³/mol. The van der Waals surface area contributed by atoms with Crippen molar-refractivity contribution in [1.29, 1.82) is 5.26 Å². The maximum atomic E-state index is 11.9. The molecule has 0 spiro atoms. The van der Waals surface area contributed by atoms with E-state index >= 15 is 0 Å². The Bertz CT molecular complexity index is 489. The normalized spacial score (nSPS) is 11.7. The molecule has 1 aromatic rings. The average Bonchev–Trinajstić information content (AvgIpc) is 2.44. The highest BCUT2D eigenvalue weighted by Crippen LogP contribution is 2.09. The van der Waals surface area contributed by atoms with E-state index in [2.05, 4.69) is 5.32 Å². The summed E-state index contributed by atoms with van der Waals surface area (Å²) in [5.41, 5.74) is 0.937. The number of rotatable bonds is 7. The first-order valence-electron chi connectivity index (χ1n) is 6.78. The summed E-state index contributed by atoms with van der Waals surface area (Å²) in [5.74, 6) is -1.62. The molecule has 1 amide bonds. The molecule has 0 fully saturated rings. The molecule has 0 saturated heterocycles. The van der Waals surface area contributed by atoms with Crippen LogP contribution in [0, 0.1) is 23.2 Å². The zero-order valence-electron chi connectivity index (χ0n) is 11.9. The molecule has 1 unspecified atom stereocenters. The lowest BCUT2D eigenvalue weighted by Gasteiger charge is -2.10. The lowest BCUT2D eigenvalue weighted by Crippen LogP contribution is -2.34. The van der Waals surface area contributed by atoms with Crippen molar-refractivity contribution in [2.75, 3.05) is 0 Å². The van der Waals surface area contributed by atoms with Crippen LogP contribution in [-0.4, -0.2) is 11.7 Å². The van der Waals surface area contributed by atoms with Gasteiger partial charge in [-0.2, -0.15) is 5.26 Å². The molecule has 20 heavy (non-hydrogen) atoms. The lowest BCUT2D eigenvalue weighted by atomic mass is 9.97. The first kappa shape index (κ1) is 15.9. The molecule has 1 atom stereocenters. The van der Waals surface area contributed by atoms with Gasteiger partial charge in [-0.15, -0.1) is 0 Å². The Morgan fingerprint density at radius 1 is 1.25 bits per heavy atom. The summed E-state index contributed by atoms with van der Waals surface area (Å²) in [6.07, 6.45) is 0.970. The van der Waals surface area contributed by atoms with Gasteiger partial charge in [0.05, 0.1) is 6.07 Å².